The van der Waals surface area contributed by atoms with Crippen LogP contribution in [-0.2, 0) is 22.9 Å². The van der Waals surface area contributed by atoms with Crippen molar-refractivity contribution in [2.45, 2.75) is 30.9 Å². The van der Waals surface area contributed by atoms with Crippen LogP contribution in [0.3, 0.4) is 0 Å². The van der Waals surface area contributed by atoms with Gasteiger partial charge in [-0.1, -0.05) is 29.8 Å². The Hall–Kier alpha value is -0.850. The summed E-state index contributed by atoms with van der Waals surface area (Å²) in [6.45, 7) is 4.01. The molecular formula is C14H16BrNO2S2. The van der Waals surface area contributed by atoms with Gasteiger partial charge in [-0.2, -0.15) is 0 Å². The molecule has 0 unspecified atom stereocenters. The number of rotatable bonds is 5. The molecule has 0 aliphatic heterocycles. The number of benzene rings is 1. The maximum atomic E-state index is 12.4. The zero-order chi connectivity index (χ0) is 14.8. The SMILES string of the molecule is CCc1ccc(S(=O)(=O)Nc2ccc(Br)cc2CC)s1. The van der Waals surface area contributed by atoms with Crippen LogP contribution in [0, 0.1) is 0 Å². The quantitative estimate of drug-likeness (QED) is 0.841. The normalized spacial score (nSPS) is 11.6. The molecule has 2 rings (SSSR count). The van der Waals surface area contributed by atoms with E-state index in [1.165, 1.54) is 11.3 Å². The minimum Gasteiger partial charge on any atom is -0.279 e. The molecule has 0 aliphatic rings. The summed E-state index contributed by atoms with van der Waals surface area (Å²) in [5.74, 6) is 0. The number of sulfonamides is 1. The molecule has 1 aromatic carbocycles. The van der Waals surface area contributed by atoms with Gasteiger partial charge in [-0.3, -0.25) is 4.72 Å². The molecule has 6 heteroatoms. The molecule has 0 radical (unpaired) electrons. The van der Waals surface area contributed by atoms with Gasteiger partial charge in [-0.25, -0.2) is 8.42 Å². The standard InChI is InChI=1S/C14H16BrNO2S2/c1-3-10-9-11(15)5-7-13(10)16-20(17,18)14-8-6-12(4-2)19-14/h5-9,16H,3-4H2,1-2H3. The van der Waals surface area contributed by atoms with Crippen molar-refractivity contribution in [2.75, 3.05) is 4.72 Å². The fourth-order valence-electron chi connectivity index (χ4n) is 1.84. The molecule has 0 saturated heterocycles. The van der Waals surface area contributed by atoms with Crippen molar-refractivity contribution in [3.05, 3.63) is 45.2 Å². The third-order valence-electron chi connectivity index (χ3n) is 2.94. The number of hydrogen-bond acceptors (Lipinski definition) is 3. The van der Waals surface area contributed by atoms with Gasteiger partial charge in [0.1, 0.15) is 4.21 Å². The van der Waals surface area contributed by atoms with Gasteiger partial charge in [0.15, 0.2) is 0 Å². The van der Waals surface area contributed by atoms with Crippen molar-refractivity contribution in [1.82, 2.24) is 0 Å². The summed E-state index contributed by atoms with van der Waals surface area (Å²) in [5.41, 5.74) is 1.61. The minimum absolute atomic E-state index is 0.360. The minimum atomic E-state index is -3.49. The molecule has 20 heavy (non-hydrogen) atoms. The van der Waals surface area contributed by atoms with E-state index in [1.807, 2.05) is 32.0 Å². The molecule has 0 bridgehead atoms. The van der Waals surface area contributed by atoms with Crippen LogP contribution in [0.15, 0.2) is 39.0 Å². The Morgan fingerprint density at radius 1 is 1.15 bits per heavy atom. The Kier molecular flexibility index (Phi) is 4.88. The largest absolute Gasteiger partial charge is 0.279 e. The van der Waals surface area contributed by atoms with Gasteiger partial charge in [0.2, 0.25) is 0 Å². The van der Waals surface area contributed by atoms with Crippen molar-refractivity contribution in [1.29, 1.82) is 0 Å². The Bertz CT molecular complexity index is 708. The maximum Gasteiger partial charge on any atom is 0.271 e. The predicted octanol–water partition coefficient (Wildman–Crippen LogP) is 4.44. The molecule has 0 saturated carbocycles. The maximum absolute atomic E-state index is 12.4. The first-order chi connectivity index (χ1) is 9.46. The molecule has 1 heterocycles. The lowest BCUT2D eigenvalue weighted by molar-refractivity contribution is 0.603. The van der Waals surface area contributed by atoms with E-state index < -0.39 is 10.0 Å². The van der Waals surface area contributed by atoms with Crippen molar-refractivity contribution in [2.24, 2.45) is 0 Å². The number of nitrogens with one attached hydrogen (secondary N) is 1. The van der Waals surface area contributed by atoms with Crippen molar-refractivity contribution >= 4 is 43.0 Å². The zero-order valence-corrected chi connectivity index (χ0v) is 14.5. The van der Waals surface area contributed by atoms with Gasteiger partial charge in [-0.15, -0.1) is 11.3 Å². The molecule has 0 fully saturated rings. The van der Waals surface area contributed by atoms with Crippen LogP contribution < -0.4 is 4.72 Å². The first-order valence-corrected chi connectivity index (χ1v) is 9.45. The predicted molar refractivity (Wildman–Crippen MR) is 88.0 cm³/mol. The number of halogens is 1. The number of thiophene rings is 1. The third kappa shape index (κ3) is 3.42. The number of aryl methyl sites for hydroxylation is 2. The van der Waals surface area contributed by atoms with Crippen LogP contribution in [0.25, 0.3) is 0 Å². The van der Waals surface area contributed by atoms with Gasteiger partial charge in [-0.05, 0) is 48.7 Å². The van der Waals surface area contributed by atoms with Gasteiger partial charge >= 0.3 is 0 Å². The first-order valence-electron chi connectivity index (χ1n) is 6.36. The fourth-order valence-corrected chi connectivity index (χ4v) is 4.65. The summed E-state index contributed by atoms with van der Waals surface area (Å²) in [4.78, 5) is 1.07. The third-order valence-corrected chi connectivity index (χ3v) is 6.52. The van der Waals surface area contributed by atoms with Crippen LogP contribution in [0.4, 0.5) is 5.69 Å². The van der Waals surface area contributed by atoms with E-state index in [1.54, 1.807) is 12.1 Å². The van der Waals surface area contributed by atoms with E-state index in [4.69, 9.17) is 0 Å². The fraction of sp³-hybridized carbons (Fsp3) is 0.286. The lowest BCUT2D eigenvalue weighted by Crippen LogP contribution is -2.12. The molecule has 1 aromatic heterocycles. The van der Waals surface area contributed by atoms with E-state index in [2.05, 4.69) is 20.7 Å². The summed E-state index contributed by atoms with van der Waals surface area (Å²) in [5, 5.41) is 0. The summed E-state index contributed by atoms with van der Waals surface area (Å²) < 4.78 is 28.7. The second-order valence-corrected chi connectivity index (χ2v) is 8.33. The Morgan fingerprint density at radius 2 is 1.90 bits per heavy atom. The van der Waals surface area contributed by atoms with Crippen LogP contribution in [0.1, 0.15) is 24.3 Å². The van der Waals surface area contributed by atoms with Crippen LogP contribution >= 0.6 is 27.3 Å². The van der Waals surface area contributed by atoms with Crippen molar-refractivity contribution in [3.8, 4) is 0 Å². The molecule has 0 aliphatic carbocycles. The summed E-state index contributed by atoms with van der Waals surface area (Å²) >= 11 is 4.72. The highest BCUT2D eigenvalue weighted by atomic mass is 79.9. The number of hydrogen-bond donors (Lipinski definition) is 1. The highest BCUT2D eigenvalue weighted by Crippen LogP contribution is 2.27. The van der Waals surface area contributed by atoms with Gasteiger partial charge in [0.05, 0.1) is 5.69 Å². The average Bonchev–Trinajstić information content (AvgIpc) is 2.90. The van der Waals surface area contributed by atoms with Crippen LogP contribution in [0.2, 0.25) is 0 Å². The Balaban J connectivity index is 2.33. The monoisotopic (exact) mass is 373 g/mol. The second kappa shape index (κ2) is 6.28. The topological polar surface area (TPSA) is 46.2 Å². The Labute approximate surface area is 132 Å². The summed E-state index contributed by atoms with van der Waals surface area (Å²) in [7, 11) is -3.49. The average molecular weight is 374 g/mol. The summed E-state index contributed by atoms with van der Waals surface area (Å²) in [6.07, 6.45) is 1.61. The van der Waals surface area contributed by atoms with Crippen molar-refractivity contribution < 1.29 is 8.42 Å². The van der Waals surface area contributed by atoms with Gasteiger partial charge in [0, 0.05) is 9.35 Å². The Morgan fingerprint density at radius 3 is 2.50 bits per heavy atom. The molecule has 0 spiro atoms. The molecule has 0 amide bonds. The van der Waals surface area contributed by atoms with Gasteiger partial charge in [0.25, 0.3) is 10.0 Å². The summed E-state index contributed by atoms with van der Waals surface area (Å²) in [6, 6.07) is 9.08. The van der Waals surface area contributed by atoms with E-state index in [0.717, 1.165) is 27.8 Å². The van der Waals surface area contributed by atoms with E-state index in [9.17, 15) is 8.42 Å². The zero-order valence-electron chi connectivity index (χ0n) is 11.3. The molecule has 0 atom stereocenters. The van der Waals surface area contributed by atoms with E-state index >= 15 is 0 Å². The second-order valence-electron chi connectivity index (χ2n) is 4.33. The molecular weight excluding hydrogens is 358 g/mol. The van der Waals surface area contributed by atoms with E-state index in [0.29, 0.717) is 9.90 Å². The van der Waals surface area contributed by atoms with E-state index in [-0.39, 0.29) is 0 Å². The lowest BCUT2D eigenvalue weighted by atomic mass is 10.1. The lowest BCUT2D eigenvalue weighted by Gasteiger charge is -2.11. The molecule has 3 nitrogen and oxygen atoms in total. The van der Waals surface area contributed by atoms with Crippen molar-refractivity contribution in [3.63, 3.8) is 0 Å². The smallest absolute Gasteiger partial charge is 0.271 e. The van der Waals surface area contributed by atoms with Gasteiger partial charge < -0.3 is 0 Å². The highest BCUT2D eigenvalue weighted by Gasteiger charge is 2.18. The van der Waals surface area contributed by atoms with Crippen LogP contribution in [0.5, 0.6) is 0 Å². The number of anilines is 1. The van der Waals surface area contributed by atoms with Crippen LogP contribution in [-0.4, -0.2) is 8.42 Å². The molecule has 1 N–H and O–H groups in total. The first kappa shape index (κ1) is 15.5. The highest BCUT2D eigenvalue weighted by molar-refractivity contribution is 9.10. The molecule has 2 aromatic rings. The molecule has 108 valence electrons.